The van der Waals surface area contributed by atoms with E-state index in [9.17, 15) is 9.59 Å². The monoisotopic (exact) mass is 275 g/mol. The number of anilines is 1. The zero-order valence-corrected chi connectivity index (χ0v) is 11.6. The summed E-state index contributed by atoms with van der Waals surface area (Å²) in [7, 11) is 1.57. The maximum Gasteiger partial charge on any atom is 0.325 e. The summed E-state index contributed by atoms with van der Waals surface area (Å²) in [6.45, 7) is 2.92. The molecule has 1 aliphatic rings. The summed E-state index contributed by atoms with van der Waals surface area (Å²) in [4.78, 5) is 24.6. The number of rotatable bonds is 4. The molecule has 0 radical (unpaired) electrons. The molecular weight excluding hydrogens is 258 g/mol. The molecule has 1 aromatic carbocycles. The van der Waals surface area contributed by atoms with Crippen LogP contribution in [0.4, 0.5) is 5.69 Å². The Balaban J connectivity index is 2.32. The predicted octanol–water partition coefficient (Wildman–Crippen LogP) is 1.68. The molecule has 0 fully saturated rings. The maximum atomic E-state index is 11.6. The Bertz CT molecular complexity index is 561. The van der Waals surface area contributed by atoms with E-state index in [2.05, 4.69) is 0 Å². The fourth-order valence-electron chi connectivity index (χ4n) is 2.29. The zero-order chi connectivity index (χ0) is 14.5. The lowest BCUT2D eigenvalue weighted by atomic mass is 9.96. The van der Waals surface area contributed by atoms with Gasteiger partial charge in [0.25, 0.3) is 0 Å². The fraction of sp³-hybridized carbons (Fsp3) is 0.400. The second-order valence-electron chi connectivity index (χ2n) is 4.44. The number of hydrogen-bond acceptors (Lipinski definition) is 5. The van der Waals surface area contributed by atoms with E-state index in [4.69, 9.17) is 9.47 Å². The van der Waals surface area contributed by atoms with Gasteiger partial charge < -0.3 is 14.4 Å². The average molecular weight is 275 g/mol. The largest absolute Gasteiger partial charge is 0.497 e. The lowest BCUT2D eigenvalue weighted by Crippen LogP contribution is -2.35. The van der Waals surface area contributed by atoms with Crippen molar-refractivity contribution in [2.45, 2.75) is 13.3 Å². The number of esters is 1. The van der Waals surface area contributed by atoms with E-state index >= 15 is 0 Å². The first kappa shape index (κ1) is 14.2. The summed E-state index contributed by atoms with van der Waals surface area (Å²) >= 11 is 0. The van der Waals surface area contributed by atoms with Gasteiger partial charge in [0.1, 0.15) is 18.2 Å². The van der Waals surface area contributed by atoms with Gasteiger partial charge in [-0.15, -0.1) is 0 Å². The number of fused-ring (bicyclic) bond motifs is 1. The first-order valence-corrected chi connectivity index (χ1v) is 6.52. The molecule has 5 nitrogen and oxygen atoms in total. The quantitative estimate of drug-likeness (QED) is 0.618. The number of nitrogens with zero attached hydrogens (tertiary/aromatic N) is 1. The van der Waals surface area contributed by atoms with Gasteiger partial charge in [0.15, 0.2) is 0 Å². The van der Waals surface area contributed by atoms with Crippen LogP contribution in [-0.2, 0) is 14.3 Å². The molecule has 106 valence electrons. The second-order valence-corrected chi connectivity index (χ2v) is 4.44. The molecule has 0 aromatic heterocycles. The van der Waals surface area contributed by atoms with Crippen LogP contribution < -0.4 is 9.64 Å². The highest BCUT2D eigenvalue weighted by molar-refractivity contribution is 5.95. The normalized spacial score (nSPS) is 13.5. The summed E-state index contributed by atoms with van der Waals surface area (Å²) in [5, 5.41) is 0. The molecular formula is C15H17NO4. The summed E-state index contributed by atoms with van der Waals surface area (Å²) in [6.07, 6.45) is 0.559. The molecule has 0 aliphatic carbocycles. The highest BCUT2D eigenvalue weighted by atomic mass is 16.5. The number of ether oxygens (including phenoxy) is 2. The lowest BCUT2D eigenvalue weighted by molar-refractivity contribution is -0.141. The maximum absolute atomic E-state index is 11.6. The zero-order valence-electron chi connectivity index (χ0n) is 11.6. The van der Waals surface area contributed by atoms with Gasteiger partial charge in [-0.3, -0.25) is 4.79 Å². The summed E-state index contributed by atoms with van der Waals surface area (Å²) < 4.78 is 10.1. The Labute approximate surface area is 117 Å². The van der Waals surface area contributed by atoms with Gasteiger partial charge in [-0.25, -0.2) is 4.79 Å². The molecule has 0 spiro atoms. The van der Waals surface area contributed by atoms with Crippen LogP contribution in [-0.4, -0.2) is 38.7 Å². The molecule has 0 unspecified atom stereocenters. The first-order valence-electron chi connectivity index (χ1n) is 6.52. The number of carbonyl (C=O) groups is 1. The van der Waals surface area contributed by atoms with Crippen LogP contribution in [0, 0.1) is 0 Å². The molecule has 1 aromatic rings. The summed E-state index contributed by atoms with van der Waals surface area (Å²) in [5.41, 5.74) is 2.22. The Morgan fingerprint density at radius 2 is 2.25 bits per heavy atom. The van der Waals surface area contributed by atoms with Gasteiger partial charge in [-0.05, 0) is 25.1 Å². The van der Waals surface area contributed by atoms with Gasteiger partial charge in [0.05, 0.1) is 13.7 Å². The van der Waals surface area contributed by atoms with Crippen molar-refractivity contribution in [2.75, 3.05) is 31.7 Å². The van der Waals surface area contributed by atoms with Crippen molar-refractivity contribution < 1.29 is 19.1 Å². The molecule has 0 atom stereocenters. The van der Waals surface area contributed by atoms with Crippen molar-refractivity contribution in [2.24, 2.45) is 0 Å². The molecule has 1 aliphatic heterocycles. The van der Waals surface area contributed by atoms with Gasteiger partial charge in [-0.1, -0.05) is 0 Å². The molecule has 2 rings (SSSR count). The molecule has 1 heterocycles. The van der Waals surface area contributed by atoms with Crippen LogP contribution >= 0.6 is 0 Å². The Hall–Kier alpha value is -2.26. The van der Waals surface area contributed by atoms with E-state index in [0.29, 0.717) is 30.9 Å². The van der Waals surface area contributed by atoms with Crippen LogP contribution in [0.15, 0.2) is 18.2 Å². The lowest BCUT2D eigenvalue weighted by Gasteiger charge is -2.30. The first-order chi connectivity index (χ1) is 9.69. The van der Waals surface area contributed by atoms with Crippen LogP contribution in [0.2, 0.25) is 0 Å². The van der Waals surface area contributed by atoms with Crippen molar-refractivity contribution in [1.82, 2.24) is 0 Å². The van der Waals surface area contributed by atoms with E-state index < -0.39 is 0 Å². The van der Waals surface area contributed by atoms with Crippen LogP contribution in [0.1, 0.15) is 18.9 Å². The summed E-state index contributed by atoms with van der Waals surface area (Å²) in [6, 6.07) is 5.46. The van der Waals surface area contributed by atoms with Gasteiger partial charge in [-0.2, -0.15) is 0 Å². The molecule has 0 saturated carbocycles. The third-order valence-corrected chi connectivity index (χ3v) is 3.25. The molecule has 20 heavy (non-hydrogen) atoms. The smallest absolute Gasteiger partial charge is 0.325 e. The molecule has 5 heteroatoms. The minimum Gasteiger partial charge on any atom is -0.497 e. The fourth-order valence-corrected chi connectivity index (χ4v) is 2.29. The van der Waals surface area contributed by atoms with Crippen LogP contribution in [0.3, 0.4) is 0 Å². The minimum absolute atomic E-state index is 0.180. The number of methoxy groups -OCH3 is 1. The van der Waals surface area contributed by atoms with Gasteiger partial charge in [0.2, 0.25) is 0 Å². The topological polar surface area (TPSA) is 55.8 Å². The number of hydrogen-bond donors (Lipinski definition) is 0. The predicted molar refractivity (Wildman–Crippen MR) is 75.6 cm³/mol. The highest BCUT2D eigenvalue weighted by Crippen LogP contribution is 2.35. The van der Waals surface area contributed by atoms with Crippen LogP contribution in [0.25, 0.3) is 5.57 Å². The third kappa shape index (κ3) is 2.83. The Kier molecular flexibility index (Phi) is 4.43. The molecule has 0 bridgehead atoms. The molecule has 0 amide bonds. The van der Waals surface area contributed by atoms with Crippen molar-refractivity contribution in [3.63, 3.8) is 0 Å². The minimum atomic E-state index is -0.271. The van der Waals surface area contributed by atoms with Crippen molar-refractivity contribution in [1.29, 1.82) is 0 Å². The van der Waals surface area contributed by atoms with Gasteiger partial charge in [0, 0.05) is 29.8 Å². The molecule has 0 N–H and O–H groups in total. The van der Waals surface area contributed by atoms with Crippen molar-refractivity contribution >= 4 is 23.2 Å². The van der Waals surface area contributed by atoms with Crippen molar-refractivity contribution in [3.05, 3.63) is 23.8 Å². The summed E-state index contributed by atoms with van der Waals surface area (Å²) in [5.74, 6) is 2.38. The Morgan fingerprint density at radius 3 is 2.90 bits per heavy atom. The number of carbonyl (C=O) groups excluding carboxylic acids is 2. The van der Waals surface area contributed by atoms with Crippen molar-refractivity contribution in [3.8, 4) is 5.75 Å². The van der Waals surface area contributed by atoms with E-state index in [-0.39, 0.29) is 12.5 Å². The third-order valence-electron chi connectivity index (χ3n) is 3.25. The van der Waals surface area contributed by atoms with E-state index in [1.807, 2.05) is 23.0 Å². The SMILES string of the molecule is CCOC(=O)CN1CCC(=C=O)c2cc(OC)ccc21. The average Bonchev–Trinajstić information content (AvgIpc) is 2.47. The van der Waals surface area contributed by atoms with Gasteiger partial charge >= 0.3 is 5.97 Å². The molecule has 0 saturated heterocycles. The number of benzene rings is 1. The van der Waals surface area contributed by atoms with E-state index in [1.54, 1.807) is 20.1 Å². The van der Waals surface area contributed by atoms with Crippen LogP contribution in [0.5, 0.6) is 5.75 Å². The Morgan fingerprint density at radius 1 is 1.45 bits per heavy atom. The highest BCUT2D eigenvalue weighted by Gasteiger charge is 2.23. The second kappa shape index (κ2) is 6.26. The standard InChI is InChI=1S/C15H17NO4/c1-3-20-15(18)9-16-7-6-11(10-17)13-8-12(19-2)4-5-14(13)16/h4-5,8H,3,6-7,9H2,1-2H3. The van der Waals surface area contributed by atoms with E-state index in [0.717, 1.165) is 11.3 Å². The van der Waals surface area contributed by atoms with E-state index in [1.165, 1.54) is 0 Å².